The molecule has 0 aromatic rings. The average molecular weight is 187 g/mol. The van der Waals surface area contributed by atoms with Crippen molar-refractivity contribution in [2.45, 2.75) is 20.8 Å². The summed E-state index contributed by atoms with van der Waals surface area (Å²) in [6.45, 7) is 10.2. The van der Waals surface area contributed by atoms with Gasteiger partial charge in [-0.2, -0.15) is 0 Å². The van der Waals surface area contributed by atoms with Crippen molar-refractivity contribution in [3.05, 3.63) is 47.1 Å². The molecule has 74 valence electrons. The zero-order chi connectivity index (χ0) is 10.7. The summed E-state index contributed by atoms with van der Waals surface area (Å²) in [5.41, 5.74) is 5.86. The van der Waals surface area contributed by atoms with Gasteiger partial charge in [0.15, 0.2) is 0 Å². The van der Waals surface area contributed by atoms with E-state index >= 15 is 0 Å². The van der Waals surface area contributed by atoms with Gasteiger partial charge in [0.1, 0.15) is 0 Å². The zero-order valence-corrected chi connectivity index (χ0v) is 9.39. The van der Waals surface area contributed by atoms with Crippen LogP contribution in [0.25, 0.3) is 0 Å². The second-order valence-electron chi connectivity index (χ2n) is 3.60. The first-order chi connectivity index (χ1) is 6.57. The molecule has 0 saturated carbocycles. The standard InChI is InChI=1S/C13H17N/c1-9(2)11(4)13-10(3)7-6-8-12(13)14-5/h6-8H,1H2,2-5H3/b13-11-,14-12-. The summed E-state index contributed by atoms with van der Waals surface area (Å²) >= 11 is 0. The van der Waals surface area contributed by atoms with Crippen molar-refractivity contribution in [2.75, 3.05) is 7.05 Å². The van der Waals surface area contributed by atoms with Crippen LogP contribution < -0.4 is 0 Å². The van der Waals surface area contributed by atoms with Crippen molar-refractivity contribution in [3.63, 3.8) is 0 Å². The van der Waals surface area contributed by atoms with E-state index in [1.54, 1.807) is 0 Å². The molecule has 0 amide bonds. The summed E-state index contributed by atoms with van der Waals surface area (Å²) in [6, 6.07) is 0. The highest BCUT2D eigenvalue weighted by atomic mass is 14.7. The second kappa shape index (κ2) is 4.23. The van der Waals surface area contributed by atoms with Gasteiger partial charge in [-0.05, 0) is 38.0 Å². The van der Waals surface area contributed by atoms with Gasteiger partial charge in [0, 0.05) is 12.6 Å². The van der Waals surface area contributed by atoms with Crippen molar-refractivity contribution in [3.8, 4) is 0 Å². The van der Waals surface area contributed by atoms with Crippen molar-refractivity contribution in [1.82, 2.24) is 0 Å². The SMILES string of the molecule is C=C(C)/C(C)=C1/C(C)=CC=C/C1=N/C. The third-order valence-corrected chi connectivity index (χ3v) is 2.51. The molecule has 14 heavy (non-hydrogen) atoms. The molecule has 0 aromatic heterocycles. The van der Waals surface area contributed by atoms with Gasteiger partial charge in [0.25, 0.3) is 0 Å². The van der Waals surface area contributed by atoms with Crippen molar-refractivity contribution >= 4 is 5.71 Å². The maximum atomic E-state index is 4.27. The number of hydrogen-bond donors (Lipinski definition) is 0. The topological polar surface area (TPSA) is 12.4 Å². The number of nitrogens with zero attached hydrogens (tertiary/aromatic N) is 1. The van der Waals surface area contributed by atoms with E-state index in [4.69, 9.17) is 0 Å². The molecule has 0 bridgehead atoms. The Hall–Kier alpha value is -1.37. The Kier molecular flexibility index (Phi) is 3.23. The van der Waals surface area contributed by atoms with E-state index in [1.807, 2.05) is 26.1 Å². The maximum Gasteiger partial charge on any atom is 0.0648 e. The van der Waals surface area contributed by atoms with Crippen LogP contribution in [0.1, 0.15) is 20.8 Å². The highest BCUT2D eigenvalue weighted by Crippen LogP contribution is 2.24. The van der Waals surface area contributed by atoms with Gasteiger partial charge in [-0.25, -0.2) is 0 Å². The highest BCUT2D eigenvalue weighted by Gasteiger charge is 2.12. The fraction of sp³-hybridized carbons (Fsp3) is 0.308. The molecule has 0 saturated heterocycles. The first-order valence-corrected chi connectivity index (χ1v) is 4.77. The lowest BCUT2D eigenvalue weighted by Crippen LogP contribution is -2.07. The number of rotatable bonds is 1. The van der Waals surface area contributed by atoms with Gasteiger partial charge in [0.05, 0.1) is 5.71 Å². The number of hydrogen-bond acceptors (Lipinski definition) is 1. The molecule has 0 spiro atoms. The summed E-state index contributed by atoms with van der Waals surface area (Å²) in [5.74, 6) is 0. The third kappa shape index (κ3) is 1.92. The molecule has 1 heteroatoms. The van der Waals surface area contributed by atoms with Gasteiger partial charge >= 0.3 is 0 Å². The summed E-state index contributed by atoms with van der Waals surface area (Å²) in [5, 5.41) is 0. The van der Waals surface area contributed by atoms with Crippen molar-refractivity contribution in [2.24, 2.45) is 4.99 Å². The van der Waals surface area contributed by atoms with E-state index < -0.39 is 0 Å². The van der Waals surface area contributed by atoms with Crippen LogP contribution in [0.4, 0.5) is 0 Å². The zero-order valence-electron chi connectivity index (χ0n) is 9.39. The minimum absolute atomic E-state index is 1.05. The fourth-order valence-electron chi connectivity index (χ4n) is 1.54. The van der Waals surface area contributed by atoms with Gasteiger partial charge in [-0.1, -0.05) is 24.3 Å². The molecular formula is C13H17N. The molecule has 1 aliphatic carbocycles. The van der Waals surface area contributed by atoms with Crippen LogP contribution >= 0.6 is 0 Å². The third-order valence-electron chi connectivity index (χ3n) is 2.51. The molecule has 1 aliphatic rings. The molecule has 0 radical (unpaired) electrons. The molecule has 0 N–H and O–H groups in total. The van der Waals surface area contributed by atoms with Crippen LogP contribution in [0.2, 0.25) is 0 Å². The highest BCUT2D eigenvalue weighted by molar-refractivity contribution is 6.13. The van der Waals surface area contributed by atoms with Crippen LogP contribution in [0.3, 0.4) is 0 Å². The predicted octanol–water partition coefficient (Wildman–Crippen LogP) is 3.47. The smallest absolute Gasteiger partial charge is 0.0648 e. The molecule has 0 fully saturated rings. The van der Waals surface area contributed by atoms with E-state index in [2.05, 4.69) is 31.5 Å². The lowest BCUT2D eigenvalue weighted by molar-refractivity contribution is 1.28. The Morgan fingerprint density at radius 2 is 2.00 bits per heavy atom. The summed E-state index contributed by atoms with van der Waals surface area (Å²) in [6.07, 6.45) is 6.18. The van der Waals surface area contributed by atoms with Gasteiger partial charge < -0.3 is 0 Å². The lowest BCUT2D eigenvalue weighted by Gasteiger charge is -2.15. The van der Waals surface area contributed by atoms with Crippen LogP contribution in [0.5, 0.6) is 0 Å². The Labute approximate surface area is 86.2 Å². The quantitative estimate of drug-likeness (QED) is 0.596. The first-order valence-electron chi connectivity index (χ1n) is 4.77. The maximum absolute atomic E-state index is 4.27. The van der Waals surface area contributed by atoms with E-state index in [1.165, 1.54) is 16.7 Å². The Morgan fingerprint density at radius 1 is 1.36 bits per heavy atom. The lowest BCUT2D eigenvalue weighted by atomic mass is 9.91. The Morgan fingerprint density at radius 3 is 2.50 bits per heavy atom. The molecule has 0 atom stereocenters. The van der Waals surface area contributed by atoms with Crippen LogP contribution in [-0.4, -0.2) is 12.8 Å². The molecule has 0 aromatic carbocycles. The minimum Gasteiger partial charge on any atom is -0.288 e. The van der Waals surface area contributed by atoms with Crippen LogP contribution in [-0.2, 0) is 0 Å². The predicted molar refractivity (Wildman–Crippen MR) is 63.8 cm³/mol. The number of aliphatic imine (C=N–C) groups is 1. The molecule has 0 heterocycles. The minimum atomic E-state index is 1.05. The van der Waals surface area contributed by atoms with Gasteiger partial charge in [-0.3, -0.25) is 4.99 Å². The van der Waals surface area contributed by atoms with E-state index in [0.717, 1.165) is 11.3 Å². The number of allylic oxidation sites excluding steroid dienone is 7. The van der Waals surface area contributed by atoms with Crippen molar-refractivity contribution in [1.29, 1.82) is 0 Å². The average Bonchev–Trinajstić information content (AvgIpc) is 2.16. The summed E-state index contributed by atoms with van der Waals surface area (Å²) < 4.78 is 0. The Bertz CT molecular complexity index is 376. The van der Waals surface area contributed by atoms with Crippen LogP contribution in [0.15, 0.2) is 52.1 Å². The van der Waals surface area contributed by atoms with Gasteiger partial charge in [0.2, 0.25) is 0 Å². The molecular weight excluding hydrogens is 170 g/mol. The largest absolute Gasteiger partial charge is 0.288 e. The molecule has 1 rings (SSSR count). The summed E-state index contributed by atoms with van der Waals surface area (Å²) in [4.78, 5) is 4.27. The second-order valence-corrected chi connectivity index (χ2v) is 3.60. The molecule has 1 nitrogen and oxygen atoms in total. The molecule has 0 unspecified atom stereocenters. The normalized spacial score (nSPS) is 22.3. The Balaban J connectivity index is 3.32. The monoisotopic (exact) mass is 187 g/mol. The van der Waals surface area contributed by atoms with E-state index in [-0.39, 0.29) is 0 Å². The fourth-order valence-corrected chi connectivity index (χ4v) is 1.54. The van der Waals surface area contributed by atoms with Crippen LogP contribution in [0, 0.1) is 0 Å². The van der Waals surface area contributed by atoms with Gasteiger partial charge in [-0.15, -0.1) is 0 Å². The molecule has 0 aliphatic heterocycles. The van der Waals surface area contributed by atoms with E-state index in [0.29, 0.717) is 0 Å². The first kappa shape index (κ1) is 10.7. The summed E-state index contributed by atoms with van der Waals surface area (Å²) in [7, 11) is 1.82. The van der Waals surface area contributed by atoms with Crippen molar-refractivity contribution < 1.29 is 0 Å². The van der Waals surface area contributed by atoms with E-state index in [9.17, 15) is 0 Å².